The molecule has 0 aliphatic carbocycles. The van der Waals surface area contributed by atoms with Gasteiger partial charge in [0.05, 0.1) is 12.2 Å². The lowest BCUT2D eigenvalue weighted by atomic mass is 10.3. The molecule has 0 aliphatic rings. The summed E-state index contributed by atoms with van der Waals surface area (Å²) in [5.74, 6) is 0. The lowest BCUT2D eigenvalue weighted by Gasteiger charge is -2.12. The van der Waals surface area contributed by atoms with Crippen molar-refractivity contribution in [3.63, 3.8) is 0 Å². The Balaban J connectivity index is 1.78. The van der Waals surface area contributed by atoms with Crippen LogP contribution in [0.4, 0.5) is 0 Å². The van der Waals surface area contributed by atoms with Gasteiger partial charge in [-0.05, 0) is 19.1 Å². The van der Waals surface area contributed by atoms with E-state index in [1.54, 1.807) is 18.9 Å². The van der Waals surface area contributed by atoms with Crippen molar-refractivity contribution >= 4 is 0 Å². The maximum absolute atomic E-state index is 4.25. The summed E-state index contributed by atoms with van der Waals surface area (Å²) in [6, 6.07) is 6.26. The van der Waals surface area contributed by atoms with Crippen LogP contribution in [0, 0.1) is 0 Å². The Morgan fingerprint density at radius 1 is 1.44 bits per heavy atom. The van der Waals surface area contributed by atoms with E-state index in [4.69, 9.17) is 0 Å². The first-order valence-electron chi connectivity index (χ1n) is 5.30. The highest BCUT2D eigenvalue weighted by atomic mass is 15.3. The van der Waals surface area contributed by atoms with Crippen molar-refractivity contribution in [3.05, 3.63) is 42.7 Å². The highest BCUT2D eigenvalue weighted by Gasteiger charge is 2.03. The Morgan fingerprint density at radius 3 is 3.06 bits per heavy atom. The maximum Gasteiger partial charge on any atom is 0.137 e. The van der Waals surface area contributed by atoms with Gasteiger partial charge in [-0.25, -0.2) is 4.98 Å². The SMILES string of the molecule is CC(Cn1cncn1)NCc1ccccn1. The molecule has 0 aromatic carbocycles. The number of rotatable bonds is 5. The summed E-state index contributed by atoms with van der Waals surface area (Å²) >= 11 is 0. The second kappa shape index (κ2) is 5.37. The topological polar surface area (TPSA) is 55.6 Å². The number of aromatic nitrogens is 4. The van der Waals surface area contributed by atoms with Gasteiger partial charge in [0.2, 0.25) is 0 Å². The second-order valence-electron chi connectivity index (χ2n) is 3.72. The zero-order valence-electron chi connectivity index (χ0n) is 9.24. The van der Waals surface area contributed by atoms with E-state index < -0.39 is 0 Å². The van der Waals surface area contributed by atoms with Crippen LogP contribution in [0.2, 0.25) is 0 Å². The molecule has 16 heavy (non-hydrogen) atoms. The number of hydrogen-bond acceptors (Lipinski definition) is 4. The second-order valence-corrected chi connectivity index (χ2v) is 3.72. The fraction of sp³-hybridized carbons (Fsp3) is 0.364. The third-order valence-corrected chi connectivity index (χ3v) is 2.29. The van der Waals surface area contributed by atoms with Gasteiger partial charge in [-0.15, -0.1) is 0 Å². The van der Waals surface area contributed by atoms with Gasteiger partial charge in [0.1, 0.15) is 12.7 Å². The summed E-state index contributed by atoms with van der Waals surface area (Å²) < 4.78 is 1.82. The smallest absolute Gasteiger partial charge is 0.137 e. The first-order chi connectivity index (χ1) is 7.84. The molecule has 0 bridgehead atoms. The summed E-state index contributed by atoms with van der Waals surface area (Å²) in [6.45, 7) is 3.70. The molecule has 0 spiro atoms. The van der Waals surface area contributed by atoms with E-state index in [9.17, 15) is 0 Å². The molecular weight excluding hydrogens is 202 g/mol. The lowest BCUT2D eigenvalue weighted by Crippen LogP contribution is -2.30. The molecule has 2 heterocycles. The molecule has 2 aromatic heterocycles. The Morgan fingerprint density at radius 2 is 2.38 bits per heavy atom. The average Bonchev–Trinajstić information content (AvgIpc) is 2.81. The Labute approximate surface area is 94.5 Å². The summed E-state index contributed by atoms with van der Waals surface area (Å²) in [5.41, 5.74) is 1.05. The van der Waals surface area contributed by atoms with Crippen molar-refractivity contribution in [2.45, 2.75) is 26.1 Å². The van der Waals surface area contributed by atoms with Crippen molar-refractivity contribution in [1.82, 2.24) is 25.1 Å². The van der Waals surface area contributed by atoms with Gasteiger partial charge in [0, 0.05) is 18.8 Å². The van der Waals surface area contributed by atoms with Crippen LogP contribution in [0.25, 0.3) is 0 Å². The largest absolute Gasteiger partial charge is 0.307 e. The standard InChI is InChI=1S/C11H15N5/c1-10(7-16-9-12-8-15-16)14-6-11-4-2-3-5-13-11/h2-5,8-10,14H,6-7H2,1H3. The fourth-order valence-corrected chi connectivity index (χ4v) is 1.45. The predicted octanol–water partition coefficient (Wildman–Crippen LogP) is 0.851. The molecule has 0 radical (unpaired) electrons. The fourth-order valence-electron chi connectivity index (χ4n) is 1.45. The first kappa shape index (κ1) is 10.8. The number of hydrogen-bond donors (Lipinski definition) is 1. The third-order valence-electron chi connectivity index (χ3n) is 2.29. The lowest BCUT2D eigenvalue weighted by molar-refractivity contribution is 0.448. The molecule has 5 nitrogen and oxygen atoms in total. The molecule has 0 aliphatic heterocycles. The van der Waals surface area contributed by atoms with Gasteiger partial charge in [0.15, 0.2) is 0 Å². The number of nitrogens with zero attached hydrogens (tertiary/aromatic N) is 4. The van der Waals surface area contributed by atoms with Crippen molar-refractivity contribution in [1.29, 1.82) is 0 Å². The Hall–Kier alpha value is -1.75. The van der Waals surface area contributed by atoms with Crippen molar-refractivity contribution in [3.8, 4) is 0 Å². The van der Waals surface area contributed by atoms with Crippen molar-refractivity contribution in [2.75, 3.05) is 0 Å². The molecule has 0 amide bonds. The van der Waals surface area contributed by atoms with Gasteiger partial charge in [0.25, 0.3) is 0 Å². The van der Waals surface area contributed by atoms with Gasteiger partial charge in [-0.2, -0.15) is 5.10 Å². The van der Waals surface area contributed by atoms with Gasteiger partial charge < -0.3 is 5.32 Å². The molecular formula is C11H15N5. The summed E-state index contributed by atoms with van der Waals surface area (Å²) in [6.07, 6.45) is 5.07. The molecule has 1 N–H and O–H groups in total. The van der Waals surface area contributed by atoms with E-state index in [-0.39, 0.29) is 0 Å². The maximum atomic E-state index is 4.25. The van der Waals surface area contributed by atoms with E-state index in [1.807, 2.05) is 22.9 Å². The van der Waals surface area contributed by atoms with Gasteiger partial charge >= 0.3 is 0 Å². The minimum absolute atomic E-state index is 0.337. The van der Waals surface area contributed by atoms with Gasteiger partial charge in [-0.3, -0.25) is 9.67 Å². The Kier molecular flexibility index (Phi) is 3.61. The predicted molar refractivity (Wildman–Crippen MR) is 60.6 cm³/mol. The highest BCUT2D eigenvalue weighted by Crippen LogP contribution is 1.95. The molecule has 0 fully saturated rings. The van der Waals surface area contributed by atoms with Crippen LogP contribution in [-0.2, 0) is 13.1 Å². The van der Waals surface area contributed by atoms with E-state index in [0.29, 0.717) is 6.04 Å². The highest BCUT2D eigenvalue weighted by molar-refractivity contribution is 5.02. The molecule has 2 rings (SSSR count). The monoisotopic (exact) mass is 217 g/mol. The van der Waals surface area contributed by atoms with Crippen LogP contribution in [0.15, 0.2) is 37.1 Å². The summed E-state index contributed by atoms with van der Waals surface area (Å²) in [4.78, 5) is 8.16. The zero-order valence-corrected chi connectivity index (χ0v) is 9.24. The van der Waals surface area contributed by atoms with Crippen LogP contribution >= 0.6 is 0 Å². The average molecular weight is 217 g/mol. The van der Waals surface area contributed by atoms with Crippen LogP contribution < -0.4 is 5.32 Å². The third kappa shape index (κ3) is 3.13. The minimum Gasteiger partial charge on any atom is -0.307 e. The Bertz CT molecular complexity index is 398. The molecule has 2 aromatic rings. The van der Waals surface area contributed by atoms with Gasteiger partial charge in [-0.1, -0.05) is 6.07 Å². The van der Waals surface area contributed by atoms with Crippen LogP contribution in [0.3, 0.4) is 0 Å². The molecule has 1 unspecified atom stereocenters. The number of pyridine rings is 1. The minimum atomic E-state index is 0.337. The van der Waals surface area contributed by atoms with Crippen LogP contribution in [0.1, 0.15) is 12.6 Å². The quantitative estimate of drug-likeness (QED) is 0.806. The molecule has 5 heteroatoms. The van der Waals surface area contributed by atoms with E-state index in [2.05, 4.69) is 27.3 Å². The molecule has 0 saturated heterocycles. The summed E-state index contributed by atoms with van der Waals surface area (Å²) in [7, 11) is 0. The van der Waals surface area contributed by atoms with E-state index >= 15 is 0 Å². The molecule has 1 atom stereocenters. The molecule has 84 valence electrons. The normalized spacial score (nSPS) is 12.6. The van der Waals surface area contributed by atoms with Crippen LogP contribution in [-0.4, -0.2) is 25.8 Å². The number of nitrogens with one attached hydrogen (secondary N) is 1. The van der Waals surface area contributed by atoms with Crippen LogP contribution in [0.5, 0.6) is 0 Å². The van der Waals surface area contributed by atoms with Crippen molar-refractivity contribution < 1.29 is 0 Å². The zero-order chi connectivity index (χ0) is 11.2. The summed E-state index contributed by atoms with van der Waals surface area (Å²) in [5, 5.41) is 7.45. The van der Waals surface area contributed by atoms with E-state index in [1.165, 1.54) is 0 Å². The van der Waals surface area contributed by atoms with E-state index in [0.717, 1.165) is 18.8 Å². The molecule has 0 saturated carbocycles. The first-order valence-corrected chi connectivity index (χ1v) is 5.30. The van der Waals surface area contributed by atoms with Crippen molar-refractivity contribution in [2.24, 2.45) is 0 Å².